The van der Waals surface area contributed by atoms with Crippen molar-refractivity contribution in [3.63, 3.8) is 0 Å². The molecule has 1 aromatic carbocycles. The average molecular weight is 318 g/mol. The molecular weight excluding hydrogens is 311 g/mol. The predicted octanol–water partition coefficient (Wildman–Crippen LogP) is 2.82. The van der Waals surface area contributed by atoms with Crippen molar-refractivity contribution in [3.05, 3.63) is 27.3 Å². The molecule has 0 bridgehead atoms. The second kappa shape index (κ2) is 4.22. The summed E-state index contributed by atoms with van der Waals surface area (Å²) in [4.78, 5) is 0. The van der Waals surface area contributed by atoms with Crippen LogP contribution >= 0.6 is 33.9 Å². The van der Waals surface area contributed by atoms with Gasteiger partial charge in [0, 0.05) is 0 Å². The van der Waals surface area contributed by atoms with Gasteiger partial charge in [0.2, 0.25) is 0 Å². The van der Waals surface area contributed by atoms with Crippen molar-refractivity contribution in [2.24, 2.45) is 0 Å². The zero-order valence-corrected chi connectivity index (χ0v) is 10.4. The van der Waals surface area contributed by atoms with Gasteiger partial charge < -0.3 is 4.74 Å². The van der Waals surface area contributed by atoms with Gasteiger partial charge in [-0.05, 0) is 34.7 Å². The van der Waals surface area contributed by atoms with Gasteiger partial charge in [0.15, 0.2) is 5.01 Å². The Morgan fingerprint density at radius 1 is 1.43 bits per heavy atom. The van der Waals surface area contributed by atoms with E-state index in [0.717, 1.165) is 19.9 Å². The lowest BCUT2D eigenvalue weighted by Crippen LogP contribution is -1.90. The monoisotopic (exact) mass is 318 g/mol. The van der Waals surface area contributed by atoms with Gasteiger partial charge in [0.05, 0.1) is 16.2 Å². The molecule has 0 aliphatic rings. The van der Waals surface area contributed by atoms with E-state index in [1.54, 1.807) is 12.6 Å². The normalized spacial score (nSPS) is 10.1. The number of rotatable bonds is 2. The summed E-state index contributed by atoms with van der Waals surface area (Å²) in [5.74, 6) is 0.866. The van der Waals surface area contributed by atoms with E-state index in [4.69, 9.17) is 4.74 Å². The van der Waals surface area contributed by atoms with Crippen molar-refractivity contribution >= 4 is 33.9 Å². The molecule has 1 heterocycles. The van der Waals surface area contributed by atoms with E-state index in [-0.39, 0.29) is 0 Å². The molecule has 0 spiro atoms. The summed E-state index contributed by atoms with van der Waals surface area (Å²) in [6.45, 7) is 0. The molecule has 2 aromatic rings. The summed E-state index contributed by atoms with van der Waals surface area (Å²) in [5.41, 5.74) is 2.72. The Morgan fingerprint density at radius 3 is 2.93 bits per heavy atom. The fourth-order valence-electron chi connectivity index (χ4n) is 1.18. The molecule has 0 aliphatic carbocycles. The molecule has 72 valence electrons. The summed E-state index contributed by atoms with van der Waals surface area (Å²) < 4.78 is 6.41. The average Bonchev–Trinajstić information content (AvgIpc) is 2.70. The quantitative estimate of drug-likeness (QED) is 0.799. The number of hydrogen-bond donors (Lipinski definition) is 0. The summed E-state index contributed by atoms with van der Waals surface area (Å²) in [5, 5.41) is 8.72. The molecule has 0 fully saturated rings. The maximum absolute atomic E-state index is 5.33. The Bertz CT molecular complexity index is 430. The molecule has 0 unspecified atom stereocenters. The van der Waals surface area contributed by atoms with Crippen molar-refractivity contribution in [3.8, 4) is 16.3 Å². The third-order valence-electron chi connectivity index (χ3n) is 1.76. The van der Waals surface area contributed by atoms with E-state index in [1.165, 1.54) is 11.3 Å². The Morgan fingerprint density at radius 2 is 2.29 bits per heavy atom. The lowest BCUT2D eigenvalue weighted by molar-refractivity contribution is 0.413. The van der Waals surface area contributed by atoms with Crippen molar-refractivity contribution in [2.75, 3.05) is 7.11 Å². The predicted molar refractivity (Wildman–Crippen MR) is 64.6 cm³/mol. The number of ether oxygens (including phenoxy) is 1. The lowest BCUT2D eigenvalue weighted by Gasteiger charge is -2.06. The van der Waals surface area contributed by atoms with Gasteiger partial charge >= 0.3 is 0 Å². The largest absolute Gasteiger partial charge is 0.495 e. The van der Waals surface area contributed by atoms with Gasteiger partial charge in [-0.1, -0.05) is 17.4 Å². The van der Waals surface area contributed by atoms with Crippen LogP contribution < -0.4 is 4.74 Å². The second-order valence-electron chi connectivity index (χ2n) is 2.56. The highest BCUT2D eigenvalue weighted by molar-refractivity contribution is 14.1. The Kier molecular flexibility index (Phi) is 2.97. The molecule has 14 heavy (non-hydrogen) atoms. The van der Waals surface area contributed by atoms with Crippen molar-refractivity contribution in [2.45, 2.75) is 0 Å². The first-order valence-electron chi connectivity index (χ1n) is 3.92. The van der Waals surface area contributed by atoms with E-state index in [2.05, 4.69) is 32.8 Å². The van der Waals surface area contributed by atoms with Crippen LogP contribution in [0.1, 0.15) is 0 Å². The molecule has 0 atom stereocenters. The van der Waals surface area contributed by atoms with Gasteiger partial charge in [-0.3, -0.25) is 0 Å². The van der Waals surface area contributed by atoms with Crippen molar-refractivity contribution < 1.29 is 4.74 Å². The van der Waals surface area contributed by atoms with Crippen LogP contribution in [-0.4, -0.2) is 17.3 Å². The Hall–Kier alpha value is -0.690. The minimum Gasteiger partial charge on any atom is -0.495 e. The van der Waals surface area contributed by atoms with Crippen molar-refractivity contribution in [1.82, 2.24) is 10.2 Å². The van der Waals surface area contributed by atoms with Gasteiger partial charge in [0.25, 0.3) is 0 Å². The number of halogens is 1. The summed E-state index contributed by atoms with van der Waals surface area (Å²) in [6, 6.07) is 5.98. The Labute approximate surface area is 99.3 Å². The minimum absolute atomic E-state index is 0.866. The SMILES string of the molecule is COc1c(I)cccc1-c1nncs1. The smallest absolute Gasteiger partial charge is 0.151 e. The molecule has 0 amide bonds. The maximum Gasteiger partial charge on any atom is 0.151 e. The van der Waals surface area contributed by atoms with Crippen LogP contribution in [-0.2, 0) is 0 Å². The summed E-state index contributed by atoms with van der Waals surface area (Å²) in [6.07, 6.45) is 0. The van der Waals surface area contributed by atoms with Crippen LogP contribution in [0.25, 0.3) is 10.6 Å². The van der Waals surface area contributed by atoms with Crippen LogP contribution in [0.5, 0.6) is 5.75 Å². The third kappa shape index (κ3) is 1.74. The highest BCUT2D eigenvalue weighted by Crippen LogP contribution is 2.34. The van der Waals surface area contributed by atoms with Gasteiger partial charge in [-0.25, -0.2) is 0 Å². The number of para-hydroxylation sites is 1. The number of hydrogen-bond acceptors (Lipinski definition) is 4. The first-order chi connectivity index (χ1) is 6.83. The van der Waals surface area contributed by atoms with Crippen LogP contribution in [0, 0.1) is 3.57 Å². The van der Waals surface area contributed by atoms with Crippen LogP contribution in [0.3, 0.4) is 0 Å². The molecule has 0 aliphatic heterocycles. The van der Waals surface area contributed by atoms with Gasteiger partial charge in [-0.15, -0.1) is 10.2 Å². The molecular formula is C9H7IN2OS. The zero-order chi connectivity index (χ0) is 9.97. The highest BCUT2D eigenvalue weighted by atomic mass is 127. The van der Waals surface area contributed by atoms with Gasteiger partial charge in [-0.2, -0.15) is 0 Å². The number of aromatic nitrogens is 2. The van der Waals surface area contributed by atoms with Crippen LogP contribution in [0.4, 0.5) is 0 Å². The molecule has 0 saturated carbocycles. The highest BCUT2D eigenvalue weighted by Gasteiger charge is 2.10. The van der Waals surface area contributed by atoms with Crippen LogP contribution in [0.15, 0.2) is 23.7 Å². The molecule has 1 aromatic heterocycles. The number of nitrogens with zero attached hydrogens (tertiary/aromatic N) is 2. The molecule has 3 nitrogen and oxygen atoms in total. The topological polar surface area (TPSA) is 35.0 Å². The molecule has 0 saturated heterocycles. The second-order valence-corrected chi connectivity index (χ2v) is 4.56. The van der Waals surface area contributed by atoms with Gasteiger partial charge in [0.1, 0.15) is 11.3 Å². The molecule has 2 rings (SSSR count). The fraction of sp³-hybridized carbons (Fsp3) is 0.111. The van der Waals surface area contributed by atoms with E-state index in [9.17, 15) is 0 Å². The molecule has 5 heteroatoms. The summed E-state index contributed by atoms with van der Waals surface area (Å²) >= 11 is 3.75. The van der Waals surface area contributed by atoms with E-state index < -0.39 is 0 Å². The summed E-state index contributed by atoms with van der Waals surface area (Å²) in [7, 11) is 1.67. The first kappa shape index (κ1) is 9.85. The molecule has 0 radical (unpaired) electrons. The first-order valence-corrected chi connectivity index (χ1v) is 5.88. The maximum atomic E-state index is 5.33. The number of benzene rings is 1. The number of methoxy groups -OCH3 is 1. The lowest BCUT2D eigenvalue weighted by atomic mass is 10.2. The standard InChI is InChI=1S/C9H7IN2OS/c1-13-8-6(3-2-4-7(8)10)9-12-11-5-14-9/h2-5H,1H3. The van der Waals surface area contributed by atoms with E-state index in [1.807, 2.05) is 18.2 Å². The van der Waals surface area contributed by atoms with Crippen molar-refractivity contribution in [1.29, 1.82) is 0 Å². The Balaban J connectivity index is 2.58. The van der Waals surface area contributed by atoms with Crippen LogP contribution in [0.2, 0.25) is 0 Å². The zero-order valence-electron chi connectivity index (χ0n) is 7.40. The fourth-order valence-corrected chi connectivity index (χ4v) is 2.47. The van der Waals surface area contributed by atoms with E-state index >= 15 is 0 Å². The van der Waals surface area contributed by atoms with E-state index in [0.29, 0.717) is 0 Å². The third-order valence-corrected chi connectivity index (χ3v) is 3.34. The minimum atomic E-state index is 0.866. The molecule has 0 N–H and O–H groups in total.